The molecule has 5 N–H and O–H groups in total. The van der Waals surface area contributed by atoms with Gasteiger partial charge in [-0.1, -0.05) is 12.1 Å². The molecule has 1 aliphatic rings. The Labute approximate surface area is 148 Å². The van der Waals surface area contributed by atoms with Gasteiger partial charge < -0.3 is 19.8 Å². The third-order valence-electron chi connectivity index (χ3n) is 4.77. The minimum absolute atomic E-state index is 0.229. The molecule has 2 rings (SSSR count). The molecule has 0 bridgehead atoms. The number of nitrogen functional groups attached to an aromatic ring is 1. The number of rotatable bonds is 5. The molecule has 25 heavy (non-hydrogen) atoms. The van der Waals surface area contributed by atoms with Crippen molar-refractivity contribution in [3.63, 3.8) is 0 Å². The second kappa shape index (κ2) is 7.17. The normalized spacial score (nSPS) is 19.0. The van der Waals surface area contributed by atoms with E-state index in [2.05, 4.69) is 5.43 Å². The highest BCUT2D eigenvalue weighted by Crippen LogP contribution is 2.38. The zero-order valence-electron chi connectivity index (χ0n) is 15.4. The lowest BCUT2D eigenvalue weighted by Gasteiger charge is -2.32. The van der Waals surface area contributed by atoms with Gasteiger partial charge in [0.05, 0.1) is 23.9 Å². The zero-order valence-corrected chi connectivity index (χ0v) is 15.4. The Morgan fingerprint density at radius 3 is 2.36 bits per heavy atom. The second-order valence-electron chi connectivity index (χ2n) is 6.94. The van der Waals surface area contributed by atoms with Gasteiger partial charge in [0.2, 0.25) is 0 Å². The van der Waals surface area contributed by atoms with Crippen LogP contribution in [0.3, 0.4) is 0 Å². The van der Waals surface area contributed by atoms with Crippen LogP contribution in [0.15, 0.2) is 23.7 Å². The molecule has 1 heterocycles. The van der Waals surface area contributed by atoms with E-state index in [0.717, 1.165) is 5.47 Å². The Hall–Kier alpha value is -1.87. The van der Waals surface area contributed by atoms with Crippen LogP contribution in [0.1, 0.15) is 43.6 Å². The van der Waals surface area contributed by atoms with E-state index in [1.807, 2.05) is 27.7 Å². The first-order valence-electron chi connectivity index (χ1n) is 8.10. The molecule has 0 unspecified atom stereocenters. The number of amides is 1. The highest BCUT2D eigenvalue weighted by Gasteiger charge is 2.52. The molecule has 1 amide bonds. The number of hydrogen-bond acceptors (Lipinski definition) is 6. The summed E-state index contributed by atoms with van der Waals surface area (Å²) in [5.41, 5.74) is 8.88. The Kier molecular flexibility index (Phi) is 5.58. The summed E-state index contributed by atoms with van der Waals surface area (Å²) in [6.45, 7) is 8.12. The number of benzene rings is 1. The van der Waals surface area contributed by atoms with Crippen molar-refractivity contribution in [2.75, 3.05) is 13.7 Å². The molecule has 1 aromatic carbocycles. The second-order valence-corrected chi connectivity index (χ2v) is 6.94. The number of nitrogens with two attached hydrogens (primary N) is 2. The van der Waals surface area contributed by atoms with Gasteiger partial charge in [-0.2, -0.15) is 0 Å². The third kappa shape index (κ3) is 3.87. The van der Waals surface area contributed by atoms with Crippen molar-refractivity contribution >= 4 is 19.1 Å². The molecule has 0 radical (unpaired) electrons. The number of ether oxygens (including phenoxy) is 1. The van der Waals surface area contributed by atoms with Crippen molar-refractivity contribution in [2.45, 2.75) is 38.9 Å². The maximum atomic E-state index is 12.1. The topological polar surface area (TPSA) is 109 Å². The molecule has 0 spiro atoms. The van der Waals surface area contributed by atoms with Crippen LogP contribution in [0.2, 0.25) is 0 Å². The number of hydrazine groups is 1. The van der Waals surface area contributed by atoms with Gasteiger partial charge in [-0.05, 0) is 50.9 Å². The fourth-order valence-electron chi connectivity index (χ4n) is 2.48. The van der Waals surface area contributed by atoms with Crippen molar-refractivity contribution in [1.29, 1.82) is 0 Å². The SMILES string of the molecule is COc1ccc(C=C(CN)B2OC(C)(C)C(C)(C)O2)c(C(=O)NN)c1. The average Bonchev–Trinajstić information content (AvgIpc) is 2.79. The molecule has 0 saturated carbocycles. The quantitative estimate of drug-likeness (QED) is 0.320. The summed E-state index contributed by atoms with van der Waals surface area (Å²) in [5.74, 6) is 5.42. The van der Waals surface area contributed by atoms with Crippen molar-refractivity contribution in [2.24, 2.45) is 11.6 Å². The molecule has 0 aromatic heterocycles. The lowest BCUT2D eigenvalue weighted by Crippen LogP contribution is -2.41. The first-order valence-corrected chi connectivity index (χ1v) is 8.10. The highest BCUT2D eigenvalue weighted by molar-refractivity contribution is 6.56. The lowest BCUT2D eigenvalue weighted by atomic mass is 9.76. The molecule has 1 saturated heterocycles. The molecular weight excluding hydrogens is 321 g/mol. The van der Waals surface area contributed by atoms with E-state index in [1.165, 1.54) is 7.11 Å². The molecule has 1 fully saturated rings. The van der Waals surface area contributed by atoms with E-state index < -0.39 is 24.2 Å². The van der Waals surface area contributed by atoms with Gasteiger partial charge >= 0.3 is 7.12 Å². The van der Waals surface area contributed by atoms with Gasteiger partial charge in [0.1, 0.15) is 5.75 Å². The third-order valence-corrected chi connectivity index (χ3v) is 4.77. The zero-order chi connectivity index (χ0) is 18.8. The summed E-state index contributed by atoms with van der Waals surface area (Å²) in [7, 11) is 0.955. The Balaban J connectivity index is 2.42. The molecule has 1 aliphatic heterocycles. The van der Waals surface area contributed by atoms with Gasteiger partial charge in [0, 0.05) is 6.54 Å². The largest absolute Gasteiger partial charge is 0.497 e. The molecule has 0 atom stereocenters. The molecule has 8 heteroatoms. The van der Waals surface area contributed by atoms with Crippen molar-refractivity contribution in [3.05, 3.63) is 34.8 Å². The summed E-state index contributed by atoms with van der Waals surface area (Å²) in [5, 5.41) is 0. The van der Waals surface area contributed by atoms with Crippen LogP contribution >= 0.6 is 0 Å². The standard InChI is InChI=1S/C17H26BN3O4/c1-16(2)17(3,4)25-18(24-16)12(10-19)8-11-6-7-13(23-5)9-14(11)15(22)21-20/h6-9H,10,19-20H2,1-5H3,(H,21,22). The van der Waals surface area contributed by atoms with Gasteiger partial charge in [0.15, 0.2) is 0 Å². The Morgan fingerprint density at radius 1 is 1.28 bits per heavy atom. The Morgan fingerprint density at radius 2 is 1.88 bits per heavy atom. The summed E-state index contributed by atoms with van der Waals surface area (Å²) < 4.78 is 17.3. The van der Waals surface area contributed by atoms with E-state index in [4.69, 9.17) is 25.6 Å². The van der Waals surface area contributed by atoms with Gasteiger partial charge in [-0.3, -0.25) is 10.2 Å². The van der Waals surface area contributed by atoms with Crippen molar-refractivity contribution < 1.29 is 18.8 Å². The lowest BCUT2D eigenvalue weighted by molar-refractivity contribution is 0.00578. The molecule has 136 valence electrons. The number of carbonyl (C=O) groups is 1. The molecule has 0 aliphatic carbocycles. The Bertz CT molecular complexity index is 672. The van der Waals surface area contributed by atoms with Crippen LogP contribution < -0.4 is 21.7 Å². The summed E-state index contributed by atoms with van der Waals surface area (Å²) in [4.78, 5) is 12.1. The van der Waals surface area contributed by atoms with E-state index >= 15 is 0 Å². The van der Waals surface area contributed by atoms with Gasteiger partial charge in [0.25, 0.3) is 5.91 Å². The number of carbonyl (C=O) groups excluding carboxylic acids is 1. The first-order chi connectivity index (χ1) is 11.6. The van der Waals surface area contributed by atoms with Gasteiger partial charge in [-0.25, -0.2) is 5.84 Å². The molecule has 1 aromatic rings. The maximum Gasteiger partial charge on any atom is 0.491 e. The smallest absolute Gasteiger partial charge is 0.491 e. The summed E-state index contributed by atoms with van der Waals surface area (Å²) >= 11 is 0. The average molecular weight is 347 g/mol. The fourth-order valence-corrected chi connectivity index (χ4v) is 2.48. The van der Waals surface area contributed by atoms with Crippen molar-refractivity contribution in [1.82, 2.24) is 5.43 Å². The molecular formula is C17H26BN3O4. The number of methoxy groups -OCH3 is 1. The minimum atomic E-state index is -0.578. The van der Waals surface area contributed by atoms with Crippen LogP contribution in [0, 0.1) is 0 Å². The van der Waals surface area contributed by atoms with Crippen LogP contribution in [-0.2, 0) is 9.31 Å². The maximum absolute atomic E-state index is 12.1. The van der Waals surface area contributed by atoms with E-state index in [9.17, 15) is 4.79 Å². The van der Waals surface area contributed by atoms with Crippen LogP contribution in [0.5, 0.6) is 5.75 Å². The van der Waals surface area contributed by atoms with E-state index in [1.54, 1.807) is 24.3 Å². The number of nitrogens with one attached hydrogen (secondary N) is 1. The minimum Gasteiger partial charge on any atom is -0.497 e. The van der Waals surface area contributed by atoms with Crippen LogP contribution in [0.25, 0.3) is 6.08 Å². The first kappa shape index (κ1) is 19.5. The summed E-state index contributed by atoms with van der Waals surface area (Å²) in [6.07, 6.45) is 1.80. The number of hydrogen-bond donors (Lipinski definition) is 3. The fraction of sp³-hybridized carbons (Fsp3) is 0.471. The molecule has 7 nitrogen and oxygen atoms in total. The van der Waals surface area contributed by atoms with Crippen molar-refractivity contribution in [3.8, 4) is 5.75 Å². The monoisotopic (exact) mass is 347 g/mol. The van der Waals surface area contributed by atoms with Crippen LogP contribution in [0.4, 0.5) is 0 Å². The summed E-state index contributed by atoms with van der Waals surface area (Å²) in [6, 6.07) is 5.15. The predicted molar refractivity (Wildman–Crippen MR) is 97.8 cm³/mol. The van der Waals surface area contributed by atoms with E-state index in [-0.39, 0.29) is 6.54 Å². The van der Waals surface area contributed by atoms with Gasteiger partial charge in [-0.15, -0.1) is 0 Å². The van der Waals surface area contributed by atoms with E-state index in [0.29, 0.717) is 16.9 Å². The predicted octanol–water partition coefficient (Wildman–Crippen LogP) is 1.27. The van der Waals surface area contributed by atoms with Crippen LogP contribution in [-0.4, -0.2) is 37.9 Å². The highest BCUT2D eigenvalue weighted by atomic mass is 16.7.